The summed E-state index contributed by atoms with van der Waals surface area (Å²) in [7, 11) is 0. The lowest BCUT2D eigenvalue weighted by atomic mass is 9.70. The van der Waals surface area contributed by atoms with E-state index in [1.165, 1.54) is 0 Å². The number of rotatable bonds is 6. The standard InChI is InChI=1S/C13H20O4/c1-2-6-10(14)11(15)9-13(12(16)17)7-4-3-5-8-13/h2-9H2,1H3,(H,16,17). The molecule has 0 unspecified atom stereocenters. The van der Waals surface area contributed by atoms with Crippen LogP contribution in [0.5, 0.6) is 0 Å². The molecule has 0 aromatic rings. The molecule has 0 bridgehead atoms. The van der Waals surface area contributed by atoms with Gasteiger partial charge >= 0.3 is 5.97 Å². The van der Waals surface area contributed by atoms with Crippen molar-refractivity contribution in [2.24, 2.45) is 5.41 Å². The zero-order valence-corrected chi connectivity index (χ0v) is 10.3. The Labute approximate surface area is 101 Å². The van der Waals surface area contributed by atoms with Crippen LogP contribution in [0.4, 0.5) is 0 Å². The van der Waals surface area contributed by atoms with Gasteiger partial charge in [0.05, 0.1) is 5.41 Å². The van der Waals surface area contributed by atoms with Crippen molar-refractivity contribution in [1.29, 1.82) is 0 Å². The van der Waals surface area contributed by atoms with Crippen LogP contribution in [-0.2, 0) is 14.4 Å². The minimum absolute atomic E-state index is 0.110. The molecule has 1 N–H and O–H groups in total. The van der Waals surface area contributed by atoms with Crippen LogP contribution < -0.4 is 0 Å². The summed E-state index contributed by atoms with van der Waals surface area (Å²) < 4.78 is 0. The number of carbonyl (C=O) groups excluding carboxylic acids is 2. The highest BCUT2D eigenvalue weighted by Crippen LogP contribution is 2.39. The quantitative estimate of drug-likeness (QED) is 0.723. The Balaban J connectivity index is 2.70. The Bertz CT molecular complexity index is 313. The molecule has 1 saturated carbocycles. The molecule has 4 heteroatoms. The summed E-state index contributed by atoms with van der Waals surface area (Å²) in [6, 6.07) is 0. The van der Waals surface area contributed by atoms with Crippen LogP contribution in [0.3, 0.4) is 0 Å². The highest BCUT2D eigenvalue weighted by atomic mass is 16.4. The third-order valence-electron chi connectivity index (χ3n) is 3.55. The minimum atomic E-state index is -0.973. The molecule has 96 valence electrons. The molecule has 1 aliphatic rings. The van der Waals surface area contributed by atoms with Gasteiger partial charge in [-0.25, -0.2) is 0 Å². The van der Waals surface area contributed by atoms with Crippen molar-refractivity contribution in [2.75, 3.05) is 0 Å². The Hall–Kier alpha value is -1.19. The number of Topliss-reactive ketones (excluding diaryl/α,β-unsaturated/α-hetero) is 2. The van der Waals surface area contributed by atoms with E-state index in [0.717, 1.165) is 19.3 Å². The summed E-state index contributed by atoms with van der Waals surface area (Å²) in [5.74, 6) is -1.84. The molecular weight excluding hydrogens is 220 g/mol. The Morgan fingerprint density at radius 1 is 1.06 bits per heavy atom. The first-order valence-corrected chi connectivity index (χ1v) is 6.31. The van der Waals surface area contributed by atoms with E-state index in [4.69, 9.17) is 0 Å². The van der Waals surface area contributed by atoms with Crippen molar-refractivity contribution in [3.05, 3.63) is 0 Å². The lowest BCUT2D eigenvalue weighted by Crippen LogP contribution is -2.37. The van der Waals surface area contributed by atoms with Crippen molar-refractivity contribution in [3.63, 3.8) is 0 Å². The predicted molar refractivity (Wildman–Crippen MR) is 62.7 cm³/mol. The molecule has 1 aliphatic carbocycles. The number of ketones is 2. The Morgan fingerprint density at radius 2 is 1.65 bits per heavy atom. The van der Waals surface area contributed by atoms with E-state index in [9.17, 15) is 19.5 Å². The molecule has 0 aromatic heterocycles. The smallest absolute Gasteiger partial charge is 0.310 e. The molecule has 0 heterocycles. The van der Waals surface area contributed by atoms with Gasteiger partial charge in [0.2, 0.25) is 0 Å². The van der Waals surface area contributed by atoms with Gasteiger partial charge in [-0.1, -0.05) is 26.2 Å². The molecular formula is C13H20O4. The van der Waals surface area contributed by atoms with Gasteiger partial charge in [0, 0.05) is 12.8 Å². The fraction of sp³-hybridized carbons (Fsp3) is 0.769. The fourth-order valence-corrected chi connectivity index (χ4v) is 2.47. The average Bonchev–Trinajstić information content (AvgIpc) is 2.30. The van der Waals surface area contributed by atoms with Gasteiger partial charge in [0.25, 0.3) is 0 Å². The van der Waals surface area contributed by atoms with E-state index in [-0.39, 0.29) is 12.8 Å². The van der Waals surface area contributed by atoms with E-state index in [1.54, 1.807) is 0 Å². The number of carboxylic acids is 1. The van der Waals surface area contributed by atoms with Gasteiger partial charge in [-0.05, 0) is 19.3 Å². The van der Waals surface area contributed by atoms with Crippen LogP contribution >= 0.6 is 0 Å². The van der Waals surface area contributed by atoms with Crippen molar-refractivity contribution >= 4 is 17.5 Å². The zero-order chi connectivity index (χ0) is 12.9. The van der Waals surface area contributed by atoms with Crippen molar-refractivity contribution in [1.82, 2.24) is 0 Å². The van der Waals surface area contributed by atoms with E-state index in [1.807, 2.05) is 6.92 Å². The number of hydrogen-bond acceptors (Lipinski definition) is 3. The Morgan fingerprint density at radius 3 is 2.12 bits per heavy atom. The topological polar surface area (TPSA) is 71.4 Å². The molecule has 0 saturated heterocycles. The third-order valence-corrected chi connectivity index (χ3v) is 3.55. The Kier molecular flexibility index (Phi) is 4.85. The van der Waals surface area contributed by atoms with Crippen LogP contribution in [-0.4, -0.2) is 22.6 Å². The van der Waals surface area contributed by atoms with Gasteiger partial charge in [-0.2, -0.15) is 0 Å². The van der Waals surface area contributed by atoms with E-state index >= 15 is 0 Å². The molecule has 0 radical (unpaired) electrons. The van der Waals surface area contributed by atoms with E-state index in [2.05, 4.69) is 0 Å². The van der Waals surface area contributed by atoms with Crippen LogP contribution in [0.15, 0.2) is 0 Å². The molecule has 0 spiro atoms. The van der Waals surface area contributed by atoms with Gasteiger partial charge < -0.3 is 5.11 Å². The lowest BCUT2D eigenvalue weighted by molar-refractivity contribution is -0.154. The number of carbonyl (C=O) groups is 3. The minimum Gasteiger partial charge on any atom is -0.481 e. The summed E-state index contributed by atoms with van der Waals surface area (Å²) in [6.07, 6.45) is 4.48. The summed E-state index contributed by atoms with van der Waals surface area (Å²) in [4.78, 5) is 34.5. The van der Waals surface area contributed by atoms with E-state index < -0.39 is 23.0 Å². The van der Waals surface area contributed by atoms with Gasteiger partial charge in [0.1, 0.15) is 0 Å². The zero-order valence-electron chi connectivity index (χ0n) is 10.3. The summed E-state index contributed by atoms with van der Waals surface area (Å²) in [5, 5.41) is 9.29. The maximum Gasteiger partial charge on any atom is 0.310 e. The number of carboxylic acid groups (broad SMARTS) is 1. The largest absolute Gasteiger partial charge is 0.481 e. The predicted octanol–water partition coefficient (Wildman–Crippen LogP) is 2.35. The van der Waals surface area contributed by atoms with Crippen molar-refractivity contribution < 1.29 is 19.5 Å². The van der Waals surface area contributed by atoms with Crippen LogP contribution in [0.25, 0.3) is 0 Å². The highest BCUT2D eigenvalue weighted by Gasteiger charge is 2.42. The maximum atomic E-state index is 11.7. The SMILES string of the molecule is CCCC(=O)C(=O)CC1(C(=O)O)CCCCC1. The second-order valence-electron chi connectivity index (χ2n) is 4.92. The van der Waals surface area contributed by atoms with E-state index in [0.29, 0.717) is 19.3 Å². The molecule has 17 heavy (non-hydrogen) atoms. The highest BCUT2D eigenvalue weighted by molar-refractivity contribution is 6.37. The van der Waals surface area contributed by atoms with Gasteiger partial charge in [0.15, 0.2) is 11.6 Å². The fourth-order valence-electron chi connectivity index (χ4n) is 2.47. The molecule has 1 fully saturated rings. The first-order valence-electron chi connectivity index (χ1n) is 6.31. The molecule has 1 rings (SSSR count). The van der Waals surface area contributed by atoms with Crippen LogP contribution in [0.2, 0.25) is 0 Å². The number of aliphatic carboxylic acids is 1. The second-order valence-corrected chi connectivity index (χ2v) is 4.92. The van der Waals surface area contributed by atoms with Gasteiger partial charge in [-0.15, -0.1) is 0 Å². The van der Waals surface area contributed by atoms with Gasteiger partial charge in [-0.3, -0.25) is 14.4 Å². The first-order chi connectivity index (χ1) is 8.02. The first kappa shape index (κ1) is 13.9. The maximum absolute atomic E-state index is 11.7. The summed E-state index contributed by atoms with van der Waals surface area (Å²) in [5.41, 5.74) is -0.973. The van der Waals surface area contributed by atoms with Crippen molar-refractivity contribution in [2.45, 2.75) is 58.3 Å². The second kappa shape index (κ2) is 5.94. The molecule has 0 amide bonds. The van der Waals surface area contributed by atoms with Crippen LogP contribution in [0.1, 0.15) is 58.3 Å². The molecule has 0 atom stereocenters. The molecule has 0 aromatic carbocycles. The molecule has 0 aliphatic heterocycles. The normalized spacial score (nSPS) is 18.6. The summed E-state index contributed by atoms with van der Waals surface area (Å²) >= 11 is 0. The molecule has 4 nitrogen and oxygen atoms in total. The van der Waals surface area contributed by atoms with Crippen molar-refractivity contribution in [3.8, 4) is 0 Å². The number of hydrogen-bond donors (Lipinski definition) is 1. The third kappa shape index (κ3) is 3.38. The summed E-state index contributed by atoms with van der Waals surface area (Å²) in [6.45, 7) is 1.83. The lowest BCUT2D eigenvalue weighted by Gasteiger charge is -2.32. The average molecular weight is 240 g/mol. The van der Waals surface area contributed by atoms with Crippen LogP contribution in [0, 0.1) is 5.41 Å². The monoisotopic (exact) mass is 240 g/mol.